The number of hydrogen-bond donors (Lipinski definition) is 1. The maximum atomic E-state index is 11.6. The summed E-state index contributed by atoms with van der Waals surface area (Å²) in [4.78, 5) is 0. The molecular formula is C11H14BrNO2S. The Kier molecular flexibility index (Phi) is 3.66. The number of nitrogens with one attached hydrogen (secondary N) is 1. The highest BCUT2D eigenvalue weighted by atomic mass is 79.9. The zero-order valence-corrected chi connectivity index (χ0v) is 11.2. The third-order valence-corrected chi connectivity index (χ3v) is 5.13. The van der Waals surface area contributed by atoms with Gasteiger partial charge in [0.2, 0.25) is 10.0 Å². The van der Waals surface area contributed by atoms with Crippen LogP contribution in [0, 0.1) is 0 Å². The first-order valence-electron chi connectivity index (χ1n) is 5.24. The van der Waals surface area contributed by atoms with Gasteiger partial charge in [0.25, 0.3) is 0 Å². The zero-order chi connectivity index (χ0) is 11.6. The van der Waals surface area contributed by atoms with Crippen LogP contribution in [0.3, 0.4) is 0 Å². The van der Waals surface area contributed by atoms with Gasteiger partial charge in [-0.1, -0.05) is 40.2 Å². The summed E-state index contributed by atoms with van der Waals surface area (Å²) in [7, 11) is -3.07. The molecule has 0 heterocycles. The molecule has 3 nitrogen and oxygen atoms in total. The maximum absolute atomic E-state index is 11.6. The number of benzene rings is 1. The molecule has 1 saturated carbocycles. The summed E-state index contributed by atoms with van der Waals surface area (Å²) >= 11 is 3.38. The van der Waals surface area contributed by atoms with Crippen molar-refractivity contribution in [2.75, 3.05) is 0 Å². The SMILES string of the molecule is O=S(=O)(NCc1cccc(CBr)c1)C1CC1. The molecule has 0 spiro atoms. The predicted octanol–water partition coefficient (Wildman–Crippen LogP) is 2.16. The van der Waals surface area contributed by atoms with Gasteiger partial charge in [0, 0.05) is 11.9 Å². The Labute approximate surface area is 104 Å². The summed E-state index contributed by atoms with van der Waals surface area (Å²) in [6, 6.07) is 7.89. The van der Waals surface area contributed by atoms with Crippen LogP contribution in [0.25, 0.3) is 0 Å². The molecule has 1 N–H and O–H groups in total. The zero-order valence-electron chi connectivity index (χ0n) is 8.82. The van der Waals surface area contributed by atoms with Gasteiger partial charge < -0.3 is 0 Å². The Bertz CT molecular complexity index is 469. The molecule has 1 fully saturated rings. The van der Waals surface area contributed by atoms with E-state index >= 15 is 0 Å². The van der Waals surface area contributed by atoms with E-state index < -0.39 is 10.0 Å². The normalized spacial score (nSPS) is 16.3. The molecule has 1 aromatic carbocycles. The summed E-state index contributed by atoms with van der Waals surface area (Å²) in [6.45, 7) is 0.389. The van der Waals surface area contributed by atoms with Crippen LogP contribution in [0.1, 0.15) is 24.0 Å². The lowest BCUT2D eigenvalue weighted by Crippen LogP contribution is -2.26. The second-order valence-electron chi connectivity index (χ2n) is 4.02. The minimum Gasteiger partial charge on any atom is -0.212 e. The number of alkyl halides is 1. The molecule has 1 aromatic rings. The molecule has 0 radical (unpaired) electrons. The Morgan fingerprint density at radius 2 is 2.00 bits per heavy atom. The number of rotatable bonds is 5. The van der Waals surface area contributed by atoms with Crippen LogP contribution in [0.5, 0.6) is 0 Å². The van der Waals surface area contributed by atoms with Gasteiger partial charge in [0.1, 0.15) is 0 Å². The van der Waals surface area contributed by atoms with Gasteiger partial charge in [-0.25, -0.2) is 13.1 Å². The lowest BCUT2D eigenvalue weighted by molar-refractivity contribution is 0.580. The molecule has 1 aliphatic rings. The number of hydrogen-bond acceptors (Lipinski definition) is 2. The lowest BCUT2D eigenvalue weighted by Gasteiger charge is -2.06. The summed E-state index contributed by atoms with van der Waals surface area (Å²) < 4.78 is 25.8. The first-order chi connectivity index (χ1) is 7.62. The van der Waals surface area contributed by atoms with Crippen LogP contribution in [-0.4, -0.2) is 13.7 Å². The van der Waals surface area contributed by atoms with E-state index in [9.17, 15) is 8.42 Å². The van der Waals surface area contributed by atoms with Crippen molar-refractivity contribution < 1.29 is 8.42 Å². The van der Waals surface area contributed by atoms with Crippen molar-refractivity contribution in [2.24, 2.45) is 0 Å². The van der Waals surface area contributed by atoms with Crippen molar-refractivity contribution in [3.63, 3.8) is 0 Å². The number of sulfonamides is 1. The van der Waals surface area contributed by atoms with Crippen molar-refractivity contribution in [1.29, 1.82) is 0 Å². The van der Waals surface area contributed by atoms with Crippen LogP contribution in [0.2, 0.25) is 0 Å². The standard InChI is InChI=1S/C11H14BrNO2S/c12-7-9-2-1-3-10(6-9)8-13-16(14,15)11-4-5-11/h1-3,6,11,13H,4-5,7-8H2. The van der Waals surface area contributed by atoms with E-state index in [1.54, 1.807) is 0 Å². The second kappa shape index (κ2) is 4.85. The van der Waals surface area contributed by atoms with Crippen LogP contribution in [-0.2, 0) is 21.9 Å². The highest BCUT2D eigenvalue weighted by Crippen LogP contribution is 2.27. The minimum atomic E-state index is -3.07. The fourth-order valence-corrected chi connectivity index (χ4v) is 3.21. The van der Waals surface area contributed by atoms with Crippen LogP contribution in [0.15, 0.2) is 24.3 Å². The lowest BCUT2D eigenvalue weighted by atomic mass is 10.1. The molecular weight excluding hydrogens is 290 g/mol. The van der Waals surface area contributed by atoms with Crippen LogP contribution >= 0.6 is 15.9 Å². The van der Waals surface area contributed by atoms with Gasteiger partial charge in [0.05, 0.1) is 5.25 Å². The van der Waals surface area contributed by atoms with Gasteiger partial charge in [-0.3, -0.25) is 0 Å². The van der Waals surface area contributed by atoms with E-state index in [2.05, 4.69) is 20.7 Å². The largest absolute Gasteiger partial charge is 0.214 e. The Morgan fingerprint density at radius 3 is 2.62 bits per heavy atom. The molecule has 0 unspecified atom stereocenters. The average Bonchev–Trinajstić information content (AvgIpc) is 3.11. The third-order valence-electron chi connectivity index (χ3n) is 2.59. The molecule has 0 atom stereocenters. The van der Waals surface area contributed by atoms with E-state index in [-0.39, 0.29) is 5.25 Å². The molecule has 0 saturated heterocycles. The van der Waals surface area contributed by atoms with Gasteiger partial charge >= 0.3 is 0 Å². The molecule has 88 valence electrons. The fraction of sp³-hybridized carbons (Fsp3) is 0.455. The smallest absolute Gasteiger partial charge is 0.212 e. The summed E-state index contributed by atoms with van der Waals surface area (Å²) in [5.41, 5.74) is 2.16. The van der Waals surface area contributed by atoms with Crippen molar-refractivity contribution in [3.05, 3.63) is 35.4 Å². The molecule has 0 aromatic heterocycles. The molecule has 0 bridgehead atoms. The van der Waals surface area contributed by atoms with Crippen LogP contribution < -0.4 is 4.72 Å². The van der Waals surface area contributed by atoms with Gasteiger partial charge in [0.15, 0.2) is 0 Å². The Balaban J connectivity index is 1.98. The van der Waals surface area contributed by atoms with Crippen molar-refractivity contribution in [2.45, 2.75) is 30.0 Å². The third kappa shape index (κ3) is 3.06. The molecule has 16 heavy (non-hydrogen) atoms. The number of halogens is 1. The molecule has 1 aliphatic carbocycles. The first-order valence-corrected chi connectivity index (χ1v) is 7.91. The average molecular weight is 304 g/mol. The van der Waals surface area contributed by atoms with Gasteiger partial charge in [-0.2, -0.15) is 0 Å². The van der Waals surface area contributed by atoms with Gasteiger partial charge in [-0.15, -0.1) is 0 Å². The molecule has 2 rings (SSSR count). The highest BCUT2D eigenvalue weighted by molar-refractivity contribution is 9.08. The van der Waals surface area contributed by atoms with Crippen molar-refractivity contribution >= 4 is 26.0 Å². The van der Waals surface area contributed by atoms with Crippen LogP contribution in [0.4, 0.5) is 0 Å². The van der Waals surface area contributed by atoms with E-state index in [1.807, 2.05) is 24.3 Å². The van der Waals surface area contributed by atoms with Crippen molar-refractivity contribution in [3.8, 4) is 0 Å². The Morgan fingerprint density at radius 1 is 1.31 bits per heavy atom. The summed E-state index contributed by atoms with van der Waals surface area (Å²) in [6.07, 6.45) is 1.60. The van der Waals surface area contributed by atoms with E-state index in [0.717, 1.165) is 29.3 Å². The topological polar surface area (TPSA) is 46.2 Å². The van der Waals surface area contributed by atoms with Crippen molar-refractivity contribution in [1.82, 2.24) is 4.72 Å². The molecule has 0 amide bonds. The summed E-state index contributed by atoms with van der Waals surface area (Å²) in [5.74, 6) is 0. The molecule has 0 aliphatic heterocycles. The highest BCUT2D eigenvalue weighted by Gasteiger charge is 2.35. The maximum Gasteiger partial charge on any atom is 0.214 e. The Hall–Kier alpha value is -0.390. The summed E-state index contributed by atoms with van der Waals surface area (Å²) in [5, 5.41) is 0.641. The second-order valence-corrected chi connectivity index (χ2v) is 6.63. The van der Waals surface area contributed by atoms with E-state index in [1.165, 1.54) is 0 Å². The minimum absolute atomic E-state index is 0.146. The quantitative estimate of drug-likeness (QED) is 0.847. The molecule has 5 heteroatoms. The fourth-order valence-electron chi connectivity index (χ4n) is 1.50. The van der Waals surface area contributed by atoms with Gasteiger partial charge in [-0.05, 0) is 24.0 Å². The van der Waals surface area contributed by atoms with E-state index in [4.69, 9.17) is 0 Å². The predicted molar refractivity (Wildman–Crippen MR) is 67.9 cm³/mol. The first kappa shape index (κ1) is 12.1. The van der Waals surface area contributed by atoms with E-state index in [0.29, 0.717) is 6.54 Å². The monoisotopic (exact) mass is 303 g/mol.